The molecule has 0 amide bonds. The Morgan fingerprint density at radius 1 is 1.09 bits per heavy atom. The Balaban J connectivity index is 1.75. The Morgan fingerprint density at radius 2 is 1.83 bits per heavy atom. The number of hydrogen-bond acceptors (Lipinski definition) is 4. The highest BCUT2D eigenvalue weighted by Crippen LogP contribution is 2.30. The van der Waals surface area contributed by atoms with Gasteiger partial charge in [0.25, 0.3) is 0 Å². The first-order valence-corrected chi connectivity index (χ1v) is 8.96. The van der Waals surface area contributed by atoms with Gasteiger partial charge in [-0.25, -0.2) is 13.1 Å². The quantitative estimate of drug-likeness (QED) is 0.918. The van der Waals surface area contributed by atoms with E-state index in [2.05, 4.69) is 4.72 Å². The number of aryl methyl sites for hydroxylation is 1. The predicted molar refractivity (Wildman–Crippen MR) is 87.6 cm³/mol. The van der Waals surface area contributed by atoms with Crippen molar-refractivity contribution in [1.29, 1.82) is 0 Å². The molecule has 1 aliphatic rings. The average Bonchev–Trinajstić information content (AvgIpc) is 2.55. The zero-order valence-electron chi connectivity index (χ0n) is 12.5. The summed E-state index contributed by atoms with van der Waals surface area (Å²) in [5, 5.41) is 0.423. The van der Waals surface area contributed by atoms with Crippen molar-refractivity contribution >= 4 is 21.6 Å². The number of rotatable bonds is 4. The van der Waals surface area contributed by atoms with Crippen molar-refractivity contribution in [3.63, 3.8) is 0 Å². The van der Waals surface area contributed by atoms with E-state index in [1.54, 1.807) is 24.3 Å². The minimum Gasteiger partial charge on any atom is -0.486 e. The SMILES string of the molecule is Cc1ccc(S(=O)(=O)NCc2ccc3c(c2)OCCO3)cc1Cl. The van der Waals surface area contributed by atoms with Gasteiger partial charge in [-0.1, -0.05) is 23.7 Å². The monoisotopic (exact) mass is 353 g/mol. The summed E-state index contributed by atoms with van der Waals surface area (Å²) in [6, 6.07) is 10.0. The molecule has 0 saturated carbocycles. The molecule has 1 aliphatic heterocycles. The molecule has 0 aliphatic carbocycles. The van der Waals surface area contributed by atoms with Gasteiger partial charge in [0.2, 0.25) is 10.0 Å². The fourth-order valence-corrected chi connectivity index (χ4v) is 3.49. The fraction of sp³-hybridized carbons (Fsp3) is 0.250. The van der Waals surface area contributed by atoms with E-state index in [0.717, 1.165) is 11.1 Å². The van der Waals surface area contributed by atoms with Gasteiger partial charge >= 0.3 is 0 Å². The molecular weight excluding hydrogens is 338 g/mol. The molecule has 0 atom stereocenters. The highest BCUT2D eigenvalue weighted by molar-refractivity contribution is 7.89. The van der Waals surface area contributed by atoms with Crippen LogP contribution in [0, 0.1) is 6.92 Å². The van der Waals surface area contributed by atoms with Crippen molar-refractivity contribution in [1.82, 2.24) is 4.72 Å². The van der Waals surface area contributed by atoms with Crippen molar-refractivity contribution in [2.45, 2.75) is 18.4 Å². The lowest BCUT2D eigenvalue weighted by Crippen LogP contribution is -2.23. The van der Waals surface area contributed by atoms with Crippen molar-refractivity contribution in [3.8, 4) is 11.5 Å². The second-order valence-electron chi connectivity index (χ2n) is 5.21. The van der Waals surface area contributed by atoms with Gasteiger partial charge in [0, 0.05) is 11.6 Å². The second kappa shape index (κ2) is 6.39. The molecule has 0 unspecified atom stereocenters. The molecule has 23 heavy (non-hydrogen) atoms. The average molecular weight is 354 g/mol. The van der Waals surface area contributed by atoms with E-state index in [1.807, 2.05) is 6.92 Å². The molecule has 0 bridgehead atoms. The standard InChI is InChI=1S/C16H16ClNO4S/c1-11-2-4-13(9-14(11)17)23(19,20)18-10-12-3-5-15-16(8-12)22-7-6-21-15/h2-5,8-9,18H,6-7,10H2,1H3. The first-order valence-electron chi connectivity index (χ1n) is 7.10. The number of fused-ring (bicyclic) bond motifs is 1. The third kappa shape index (κ3) is 3.60. The van der Waals surface area contributed by atoms with E-state index in [-0.39, 0.29) is 11.4 Å². The largest absolute Gasteiger partial charge is 0.486 e. The molecule has 0 radical (unpaired) electrons. The first kappa shape index (κ1) is 16.1. The van der Waals surface area contributed by atoms with Crippen LogP contribution in [0.2, 0.25) is 5.02 Å². The molecular formula is C16H16ClNO4S. The highest BCUT2D eigenvalue weighted by atomic mass is 35.5. The van der Waals surface area contributed by atoms with Gasteiger partial charge in [-0.05, 0) is 42.3 Å². The molecule has 0 aromatic heterocycles. The molecule has 2 aromatic rings. The van der Waals surface area contributed by atoms with Gasteiger partial charge in [-0.15, -0.1) is 0 Å². The number of nitrogens with one attached hydrogen (secondary N) is 1. The number of hydrogen-bond donors (Lipinski definition) is 1. The molecule has 0 fully saturated rings. The van der Waals surface area contributed by atoms with Gasteiger partial charge < -0.3 is 9.47 Å². The lowest BCUT2D eigenvalue weighted by atomic mass is 10.2. The number of sulfonamides is 1. The molecule has 1 heterocycles. The first-order chi connectivity index (χ1) is 11.0. The number of benzene rings is 2. The molecule has 7 heteroatoms. The maximum Gasteiger partial charge on any atom is 0.240 e. The Morgan fingerprint density at radius 3 is 2.57 bits per heavy atom. The van der Waals surface area contributed by atoms with Crippen LogP contribution >= 0.6 is 11.6 Å². The van der Waals surface area contributed by atoms with Crippen LogP contribution in [-0.4, -0.2) is 21.6 Å². The summed E-state index contributed by atoms with van der Waals surface area (Å²) in [7, 11) is -3.63. The van der Waals surface area contributed by atoms with Crippen molar-refractivity contribution in [2.24, 2.45) is 0 Å². The van der Waals surface area contributed by atoms with Crippen LogP contribution in [0.25, 0.3) is 0 Å². The van der Waals surface area contributed by atoms with Crippen LogP contribution in [0.1, 0.15) is 11.1 Å². The van der Waals surface area contributed by atoms with Crippen LogP contribution in [0.15, 0.2) is 41.3 Å². The van der Waals surface area contributed by atoms with Crippen LogP contribution in [0.5, 0.6) is 11.5 Å². The summed E-state index contributed by atoms with van der Waals surface area (Å²) >= 11 is 5.99. The maximum absolute atomic E-state index is 12.3. The summed E-state index contributed by atoms with van der Waals surface area (Å²) in [6.45, 7) is 2.99. The fourth-order valence-electron chi connectivity index (χ4n) is 2.20. The Labute approximate surface area is 140 Å². The van der Waals surface area contributed by atoms with Crippen molar-refractivity contribution in [2.75, 3.05) is 13.2 Å². The van der Waals surface area contributed by atoms with E-state index < -0.39 is 10.0 Å². The van der Waals surface area contributed by atoms with Crippen molar-refractivity contribution in [3.05, 3.63) is 52.5 Å². The Kier molecular flexibility index (Phi) is 4.48. The van der Waals surface area contributed by atoms with Gasteiger partial charge in [-0.3, -0.25) is 0 Å². The summed E-state index contributed by atoms with van der Waals surface area (Å²) < 4.78 is 38.2. The summed E-state index contributed by atoms with van der Waals surface area (Å²) in [6.07, 6.45) is 0. The number of halogens is 1. The molecule has 0 saturated heterocycles. The van der Waals surface area contributed by atoms with Gasteiger partial charge in [0.05, 0.1) is 4.90 Å². The normalized spacial score (nSPS) is 13.8. The molecule has 0 spiro atoms. The van der Waals surface area contributed by atoms with E-state index in [4.69, 9.17) is 21.1 Å². The smallest absolute Gasteiger partial charge is 0.240 e. The van der Waals surface area contributed by atoms with Gasteiger partial charge in [0.1, 0.15) is 13.2 Å². The second-order valence-corrected chi connectivity index (χ2v) is 7.39. The molecule has 122 valence electrons. The molecule has 1 N–H and O–H groups in total. The molecule has 2 aromatic carbocycles. The Hall–Kier alpha value is -1.76. The zero-order chi connectivity index (χ0) is 16.4. The topological polar surface area (TPSA) is 64.6 Å². The van der Waals surface area contributed by atoms with Crippen LogP contribution < -0.4 is 14.2 Å². The Bertz CT molecular complexity index is 836. The minimum absolute atomic E-state index is 0.144. The van der Waals surface area contributed by atoms with E-state index in [9.17, 15) is 8.42 Å². The number of ether oxygens (including phenoxy) is 2. The van der Waals surface area contributed by atoms with Crippen LogP contribution in [0.3, 0.4) is 0 Å². The summed E-state index contributed by atoms with van der Waals surface area (Å²) in [5.41, 5.74) is 1.62. The van der Waals surface area contributed by atoms with Gasteiger partial charge in [-0.2, -0.15) is 0 Å². The molecule has 5 nitrogen and oxygen atoms in total. The van der Waals surface area contributed by atoms with E-state index >= 15 is 0 Å². The van der Waals surface area contributed by atoms with Crippen molar-refractivity contribution < 1.29 is 17.9 Å². The predicted octanol–water partition coefficient (Wildman–Crippen LogP) is 2.90. The van der Waals surface area contributed by atoms with Crippen LogP contribution in [0.4, 0.5) is 0 Å². The summed E-state index contributed by atoms with van der Waals surface area (Å²) in [5.74, 6) is 1.31. The third-order valence-electron chi connectivity index (χ3n) is 3.53. The minimum atomic E-state index is -3.63. The van der Waals surface area contributed by atoms with Gasteiger partial charge in [0.15, 0.2) is 11.5 Å². The maximum atomic E-state index is 12.3. The highest BCUT2D eigenvalue weighted by Gasteiger charge is 2.16. The van der Waals surface area contributed by atoms with E-state index in [0.29, 0.717) is 29.7 Å². The molecule has 3 rings (SSSR count). The van der Waals surface area contributed by atoms with Crippen LogP contribution in [-0.2, 0) is 16.6 Å². The third-order valence-corrected chi connectivity index (χ3v) is 5.33. The van der Waals surface area contributed by atoms with E-state index in [1.165, 1.54) is 12.1 Å². The lowest BCUT2D eigenvalue weighted by molar-refractivity contribution is 0.171. The lowest BCUT2D eigenvalue weighted by Gasteiger charge is -2.19. The summed E-state index contributed by atoms with van der Waals surface area (Å²) in [4.78, 5) is 0.144. The zero-order valence-corrected chi connectivity index (χ0v) is 14.1.